The third kappa shape index (κ3) is 4.46. The third-order valence-corrected chi connectivity index (χ3v) is 3.51. The van der Waals surface area contributed by atoms with Gasteiger partial charge in [-0.05, 0) is 30.3 Å². The first-order valence-electron chi connectivity index (χ1n) is 6.31. The van der Waals surface area contributed by atoms with Crippen LogP contribution >= 0.6 is 15.9 Å². The number of benzene rings is 2. The lowest BCUT2D eigenvalue weighted by atomic mass is 10.1. The van der Waals surface area contributed by atoms with E-state index in [0.29, 0.717) is 6.54 Å². The Morgan fingerprint density at radius 1 is 1.11 bits per heavy atom. The normalized spacial score (nSPS) is 12.6. The fourth-order valence-electron chi connectivity index (χ4n) is 2.07. The van der Waals surface area contributed by atoms with Gasteiger partial charge in [0.25, 0.3) is 0 Å². The van der Waals surface area contributed by atoms with Gasteiger partial charge in [0, 0.05) is 17.6 Å². The summed E-state index contributed by atoms with van der Waals surface area (Å²) >= 11 is 3.43. The molecule has 100 valence electrons. The molecular formula is C16H18BrNO. The van der Waals surface area contributed by atoms with Crippen LogP contribution in [0.15, 0.2) is 59.1 Å². The van der Waals surface area contributed by atoms with Gasteiger partial charge in [0.2, 0.25) is 0 Å². The van der Waals surface area contributed by atoms with Crippen molar-refractivity contribution in [3.63, 3.8) is 0 Å². The molecule has 3 heteroatoms. The highest BCUT2D eigenvalue weighted by Gasteiger charge is 2.11. The number of aliphatic hydroxyl groups excluding tert-OH is 1. The minimum atomic E-state index is -0.466. The molecule has 1 N–H and O–H groups in total. The minimum Gasteiger partial charge on any atom is -0.387 e. The molecule has 0 fully saturated rings. The predicted octanol–water partition coefficient (Wildman–Crippen LogP) is 3.61. The zero-order valence-electron chi connectivity index (χ0n) is 11.0. The molecule has 0 heterocycles. The van der Waals surface area contributed by atoms with Gasteiger partial charge in [-0.3, -0.25) is 4.90 Å². The van der Waals surface area contributed by atoms with Crippen LogP contribution in [0.1, 0.15) is 17.2 Å². The van der Waals surface area contributed by atoms with E-state index in [-0.39, 0.29) is 0 Å². The van der Waals surface area contributed by atoms with E-state index in [0.717, 1.165) is 16.6 Å². The summed E-state index contributed by atoms with van der Waals surface area (Å²) < 4.78 is 0.995. The first kappa shape index (κ1) is 14.3. The number of rotatable bonds is 5. The lowest BCUT2D eigenvalue weighted by Crippen LogP contribution is -2.24. The largest absolute Gasteiger partial charge is 0.387 e. The second-order valence-electron chi connectivity index (χ2n) is 4.75. The molecule has 0 radical (unpaired) electrons. The van der Waals surface area contributed by atoms with Crippen LogP contribution < -0.4 is 0 Å². The van der Waals surface area contributed by atoms with Crippen molar-refractivity contribution in [2.45, 2.75) is 12.6 Å². The Labute approximate surface area is 122 Å². The van der Waals surface area contributed by atoms with Crippen LogP contribution in [0.4, 0.5) is 0 Å². The highest BCUT2D eigenvalue weighted by molar-refractivity contribution is 9.10. The van der Waals surface area contributed by atoms with E-state index in [2.05, 4.69) is 33.0 Å². The summed E-state index contributed by atoms with van der Waals surface area (Å²) in [7, 11) is 2.02. The summed E-state index contributed by atoms with van der Waals surface area (Å²) in [6.45, 7) is 1.46. The summed E-state index contributed by atoms with van der Waals surface area (Å²) in [6.07, 6.45) is -0.466. The van der Waals surface area contributed by atoms with Crippen molar-refractivity contribution >= 4 is 15.9 Å². The van der Waals surface area contributed by atoms with Crippen LogP contribution in [0.25, 0.3) is 0 Å². The Bertz CT molecular complexity index is 515. The van der Waals surface area contributed by atoms with E-state index < -0.39 is 6.10 Å². The molecule has 2 aromatic carbocycles. The highest BCUT2D eigenvalue weighted by Crippen LogP contribution is 2.19. The fraction of sp³-hybridized carbons (Fsp3) is 0.250. The Balaban J connectivity index is 1.93. The second-order valence-corrected chi connectivity index (χ2v) is 5.67. The molecule has 0 saturated heterocycles. The summed E-state index contributed by atoms with van der Waals surface area (Å²) in [6, 6.07) is 18.1. The van der Waals surface area contributed by atoms with Crippen LogP contribution in [0.3, 0.4) is 0 Å². The van der Waals surface area contributed by atoms with Gasteiger partial charge in [0.05, 0.1) is 6.10 Å². The number of nitrogens with zero attached hydrogens (tertiary/aromatic N) is 1. The molecule has 0 saturated carbocycles. The molecule has 0 amide bonds. The molecule has 0 spiro atoms. The van der Waals surface area contributed by atoms with E-state index in [1.165, 1.54) is 5.56 Å². The van der Waals surface area contributed by atoms with Gasteiger partial charge in [0.15, 0.2) is 0 Å². The monoisotopic (exact) mass is 319 g/mol. The van der Waals surface area contributed by atoms with E-state index >= 15 is 0 Å². The van der Waals surface area contributed by atoms with E-state index in [9.17, 15) is 5.11 Å². The summed E-state index contributed by atoms with van der Waals surface area (Å²) in [5.74, 6) is 0. The van der Waals surface area contributed by atoms with E-state index in [1.54, 1.807) is 0 Å². The molecule has 0 aliphatic carbocycles. The van der Waals surface area contributed by atoms with Gasteiger partial charge >= 0.3 is 0 Å². The number of likely N-dealkylation sites (N-methyl/N-ethyl adjacent to an activating group) is 1. The zero-order chi connectivity index (χ0) is 13.7. The Kier molecular flexibility index (Phi) is 5.14. The Hall–Kier alpha value is -1.16. The van der Waals surface area contributed by atoms with E-state index in [4.69, 9.17) is 0 Å². The maximum atomic E-state index is 10.2. The van der Waals surface area contributed by atoms with Crippen LogP contribution in [-0.2, 0) is 6.54 Å². The molecule has 0 aliphatic heterocycles. The molecule has 1 atom stereocenters. The average molecular weight is 320 g/mol. The highest BCUT2D eigenvalue weighted by atomic mass is 79.9. The van der Waals surface area contributed by atoms with Crippen LogP contribution in [0.5, 0.6) is 0 Å². The zero-order valence-corrected chi connectivity index (χ0v) is 12.5. The van der Waals surface area contributed by atoms with Crippen molar-refractivity contribution in [1.29, 1.82) is 0 Å². The van der Waals surface area contributed by atoms with Crippen molar-refractivity contribution in [3.8, 4) is 0 Å². The molecule has 0 aromatic heterocycles. The lowest BCUT2D eigenvalue weighted by Gasteiger charge is -2.21. The molecule has 19 heavy (non-hydrogen) atoms. The van der Waals surface area contributed by atoms with Gasteiger partial charge in [0.1, 0.15) is 0 Å². The molecule has 2 nitrogen and oxygen atoms in total. The van der Waals surface area contributed by atoms with Crippen LogP contribution in [-0.4, -0.2) is 23.6 Å². The van der Waals surface area contributed by atoms with Crippen molar-refractivity contribution in [2.24, 2.45) is 0 Å². The maximum absolute atomic E-state index is 10.2. The molecule has 0 bridgehead atoms. The summed E-state index contributed by atoms with van der Waals surface area (Å²) in [5, 5.41) is 10.2. The molecule has 0 unspecified atom stereocenters. The van der Waals surface area contributed by atoms with Gasteiger partial charge in [-0.25, -0.2) is 0 Å². The quantitative estimate of drug-likeness (QED) is 0.910. The topological polar surface area (TPSA) is 23.5 Å². The molecular weight excluding hydrogens is 302 g/mol. The van der Waals surface area contributed by atoms with Crippen LogP contribution in [0, 0.1) is 0 Å². The number of aliphatic hydroxyl groups is 1. The standard InChI is InChI=1S/C16H18BrNO/c1-18(11-13-6-3-2-4-7-13)12-16(19)14-8-5-9-15(17)10-14/h2-10,16,19H,11-12H2,1H3/t16-/m0/s1. The summed E-state index contributed by atoms with van der Waals surface area (Å²) in [4.78, 5) is 2.13. The Morgan fingerprint density at radius 3 is 2.53 bits per heavy atom. The van der Waals surface area contributed by atoms with Crippen molar-refractivity contribution in [1.82, 2.24) is 4.90 Å². The predicted molar refractivity (Wildman–Crippen MR) is 81.9 cm³/mol. The lowest BCUT2D eigenvalue weighted by molar-refractivity contribution is 0.124. The maximum Gasteiger partial charge on any atom is 0.0917 e. The van der Waals surface area contributed by atoms with Crippen molar-refractivity contribution < 1.29 is 5.11 Å². The summed E-state index contributed by atoms with van der Waals surface area (Å²) in [5.41, 5.74) is 2.20. The number of hydrogen-bond acceptors (Lipinski definition) is 2. The van der Waals surface area contributed by atoms with Crippen molar-refractivity contribution in [2.75, 3.05) is 13.6 Å². The van der Waals surface area contributed by atoms with Gasteiger partial charge in [-0.1, -0.05) is 58.4 Å². The van der Waals surface area contributed by atoms with Crippen molar-refractivity contribution in [3.05, 3.63) is 70.2 Å². The first-order valence-corrected chi connectivity index (χ1v) is 7.10. The second kappa shape index (κ2) is 6.85. The smallest absolute Gasteiger partial charge is 0.0917 e. The molecule has 0 aliphatic rings. The Morgan fingerprint density at radius 2 is 1.84 bits per heavy atom. The first-order chi connectivity index (χ1) is 9.15. The average Bonchev–Trinajstić information content (AvgIpc) is 2.39. The fourth-order valence-corrected chi connectivity index (χ4v) is 2.49. The molecule has 2 aromatic rings. The van der Waals surface area contributed by atoms with Crippen LogP contribution in [0.2, 0.25) is 0 Å². The van der Waals surface area contributed by atoms with Gasteiger partial charge in [-0.15, -0.1) is 0 Å². The van der Waals surface area contributed by atoms with Gasteiger partial charge < -0.3 is 5.11 Å². The SMILES string of the molecule is CN(Cc1ccccc1)C[C@H](O)c1cccc(Br)c1. The van der Waals surface area contributed by atoms with Gasteiger partial charge in [-0.2, -0.15) is 0 Å². The number of halogens is 1. The minimum absolute atomic E-state index is 0.466. The number of hydrogen-bond donors (Lipinski definition) is 1. The molecule has 2 rings (SSSR count). The third-order valence-electron chi connectivity index (χ3n) is 3.01. The van der Waals surface area contributed by atoms with E-state index in [1.807, 2.05) is 49.5 Å².